The van der Waals surface area contributed by atoms with Gasteiger partial charge in [-0.3, -0.25) is 14.4 Å². The summed E-state index contributed by atoms with van der Waals surface area (Å²) < 4.78 is 13.8. The number of anilines is 3. The Balaban J connectivity index is 1.60. The topological polar surface area (TPSA) is 90.5 Å². The lowest BCUT2D eigenvalue weighted by Crippen LogP contribution is -2.35. The van der Waals surface area contributed by atoms with Gasteiger partial charge >= 0.3 is 0 Å². The van der Waals surface area contributed by atoms with Gasteiger partial charge in [0.25, 0.3) is 11.8 Å². The third kappa shape index (κ3) is 7.63. The van der Waals surface area contributed by atoms with Crippen molar-refractivity contribution in [1.82, 2.24) is 5.32 Å². The molecule has 1 saturated heterocycles. The fraction of sp³-hybridized carbons (Fsp3) is 0.323. The fourth-order valence-corrected chi connectivity index (χ4v) is 5.11. The Kier molecular flexibility index (Phi) is 9.84. The zero-order valence-corrected chi connectivity index (χ0v) is 25.2. The first-order valence-corrected chi connectivity index (χ1v) is 14.4. The van der Waals surface area contributed by atoms with Crippen molar-refractivity contribution in [3.05, 3.63) is 81.3 Å². The molecule has 3 aromatic rings. The number of carbonyl (C=O) groups is 3. The molecule has 0 saturated carbocycles. The third-order valence-electron chi connectivity index (χ3n) is 6.95. The normalized spacial score (nSPS) is 13.9. The van der Waals surface area contributed by atoms with Gasteiger partial charge < -0.3 is 20.9 Å². The minimum atomic E-state index is -0.876. The van der Waals surface area contributed by atoms with Crippen molar-refractivity contribution < 1.29 is 18.8 Å². The number of carbonyl (C=O) groups excluding carboxylic acids is 3. The molecule has 4 rings (SSSR count). The maximum atomic E-state index is 13.8. The molecule has 218 valence electrons. The summed E-state index contributed by atoms with van der Waals surface area (Å²) in [7, 11) is 5.77. The molecule has 0 aromatic heterocycles. The molecule has 1 aliphatic rings. The van der Waals surface area contributed by atoms with E-state index in [1.165, 1.54) is 0 Å². The molecular formula is C31H32BCl2FN4O3. The number of nitrogens with one attached hydrogen (secondary N) is 3. The van der Waals surface area contributed by atoms with E-state index in [2.05, 4.69) is 16.0 Å². The molecule has 1 fully saturated rings. The number of hydrogen-bond donors (Lipinski definition) is 3. The van der Waals surface area contributed by atoms with E-state index >= 15 is 0 Å². The summed E-state index contributed by atoms with van der Waals surface area (Å²) >= 11 is 13.0. The molecular weight excluding hydrogens is 577 g/mol. The predicted molar refractivity (Wildman–Crippen MR) is 168 cm³/mol. The first-order valence-electron chi connectivity index (χ1n) is 13.6. The Morgan fingerprint density at radius 3 is 2.19 bits per heavy atom. The van der Waals surface area contributed by atoms with Crippen LogP contribution in [0.2, 0.25) is 10.0 Å². The van der Waals surface area contributed by atoms with Gasteiger partial charge in [0.2, 0.25) is 5.91 Å². The van der Waals surface area contributed by atoms with E-state index in [1.807, 2.05) is 4.90 Å². The molecule has 11 heteroatoms. The Morgan fingerprint density at radius 1 is 0.929 bits per heavy atom. The van der Waals surface area contributed by atoms with Crippen LogP contribution < -0.4 is 26.3 Å². The smallest absolute Gasteiger partial charge is 0.258 e. The van der Waals surface area contributed by atoms with Crippen molar-refractivity contribution in [3.63, 3.8) is 0 Å². The van der Waals surface area contributed by atoms with Crippen LogP contribution in [0.25, 0.3) is 0 Å². The van der Waals surface area contributed by atoms with Gasteiger partial charge in [0, 0.05) is 42.1 Å². The van der Waals surface area contributed by atoms with Crippen molar-refractivity contribution in [3.8, 4) is 0 Å². The van der Waals surface area contributed by atoms with E-state index < -0.39 is 23.4 Å². The van der Waals surface area contributed by atoms with Crippen molar-refractivity contribution >= 4 is 71.3 Å². The predicted octanol–water partition coefficient (Wildman–Crippen LogP) is 5.89. The number of rotatable bonds is 7. The van der Waals surface area contributed by atoms with Gasteiger partial charge in [0.1, 0.15) is 14.0 Å². The van der Waals surface area contributed by atoms with Crippen LogP contribution >= 0.6 is 23.2 Å². The Hall–Kier alpha value is -3.56. The van der Waals surface area contributed by atoms with Gasteiger partial charge in [-0.25, -0.2) is 4.39 Å². The van der Waals surface area contributed by atoms with Crippen LogP contribution in [0.15, 0.2) is 54.6 Å². The second-order valence-corrected chi connectivity index (χ2v) is 12.0. The molecule has 42 heavy (non-hydrogen) atoms. The molecule has 3 amide bonds. The zero-order chi connectivity index (χ0) is 30.6. The van der Waals surface area contributed by atoms with Crippen LogP contribution in [0.1, 0.15) is 59.9 Å². The highest BCUT2D eigenvalue weighted by atomic mass is 35.5. The number of benzene rings is 3. The zero-order valence-electron chi connectivity index (χ0n) is 23.7. The van der Waals surface area contributed by atoms with Crippen molar-refractivity contribution in [2.75, 3.05) is 28.6 Å². The highest BCUT2D eigenvalue weighted by molar-refractivity contribution is 6.41. The molecule has 0 spiro atoms. The number of alkyl halides is 1. The third-order valence-corrected chi connectivity index (χ3v) is 7.70. The van der Waals surface area contributed by atoms with Gasteiger partial charge in [-0.05, 0) is 54.8 Å². The molecule has 7 nitrogen and oxygen atoms in total. The monoisotopic (exact) mass is 608 g/mol. The lowest BCUT2D eigenvalue weighted by atomic mass is 9.95. The number of halogens is 3. The maximum absolute atomic E-state index is 13.8. The fourth-order valence-electron chi connectivity index (χ4n) is 4.50. The Labute approximate surface area is 256 Å². The summed E-state index contributed by atoms with van der Waals surface area (Å²) in [6, 6.07) is 14.9. The van der Waals surface area contributed by atoms with Crippen molar-refractivity contribution in [1.29, 1.82) is 0 Å². The summed E-state index contributed by atoms with van der Waals surface area (Å²) in [5.41, 5.74) is 2.35. The van der Waals surface area contributed by atoms with E-state index in [9.17, 15) is 18.8 Å². The van der Waals surface area contributed by atoms with Crippen molar-refractivity contribution in [2.24, 2.45) is 5.41 Å². The number of amides is 3. The first-order chi connectivity index (χ1) is 19.8. The first kappa shape index (κ1) is 31.4. The highest BCUT2D eigenvalue weighted by Crippen LogP contribution is 2.32. The summed E-state index contributed by atoms with van der Waals surface area (Å²) in [5, 5.41) is 8.72. The minimum absolute atomic E-state index is 0.0443. The quantitative estimate of drug-likeness (QED) is 0.292. The molecule has 1 aliphatic heterocycles. The molecule has 3 N–H and O–H groups in total. The summed E-state index contributed by atoms with van der Waals surface area (Å²) in [6.45, 7) is 6.42. The van der Waals surface area contributed by atoms with Gasteiger partial charge in [0.15, 0.2) is 0 Å². The number of nitrogens with zero attached hydrogens (tertiary/aromatic N) is 1. The summed E-state index contributed by atoms with van der Waals surface area (Å²) in [5.74, 6) is -1.15. The highest BCUT2D eigenvalue weighted by Gasteiger charge is 2.25. The minimum Gasteiger partial charge on any atom is -0.371 e. The number of hydrogen-bond acceptors (Lipinski definition) is 4. The molecule has 0 unspecified atom stereocenters. The van der Waals surface area contributed by atoms with Crippen LogP contribution in [0.5, 0.6) is 0 Å². The Bertz CT molecular complexity index is 1490. The Morgan fingerprint density at radius 2 is 1.55 bits per heavy atom. The lowest BCUT2D eigenvalue weighted by Gasteiger charge is -2.32. The van der Waals surface area contributed by atoms with E-state index in [0.717, 1.165) is 0 Å². The van der Waals surface area contributed by atoms with Crippen LogP contribution in [0.3, 0.4) is 0 Å². The van der Waals surface area contributed by atoms with Gasteiger partial charge in [-0.15, -0.1) is 0 Å². The van der Waals surface area contributed by atoms with E-state index in [0.29, 0.717) is 59.6 Å². The number of piperidine rings is 1. The van der Waals surface area contributed by atoms with E-state index in [1.54, 1.807) is 75.4 Å². The van der Waals surface area contributed by atoms with Crippen molar-refractivity contribution in [2.45, 2.75) is 46.3 Å². The maximum Gasteiger partial charge on any atom is 0.258 e. The molecule has 0 aliphatic carbocycles. The average molecular weight is 609 g/mol. The second-order valence-electron chi connectivity index (χ2n) is 11.3. The summed E-state index contributed by atoms with van der Waals surface area (Å²) in [6.07, 6.45) is -0.152. The standard InChI is InChI=1S/C31H32BCl2FN4O3/c1-31(2,3)30(42)36-17-18-4-10-24(33)26(27(18)34)29(41)38-22-9-11-25(39-14-12-20(35)13-15-39)23(16-22)28(40)37-21-7-5-19(32)6-8-21/h4-11,16,20H,12-15,17H2,1-3H3,(H,36,42)(H,37,40)(H,38,41). The molecule has 0 bridgehead atoms. The average Bonchev–Trinajstić information content (AvgIpc) is 2.93. The second kappa shape index (κ2) is 13.2. The SMILES string of the molecule is [B]c1ccc(NC(=O)c2cc(NC(=O)c3c(Cl)ccc(CNC(=O)C(C)(C)C)c3Cl)ccc2N2CCC(F)CC2)cc1. The van der Waals surface area contributed by atoms with Gasteiger partial charge in [-0.1, -0.05) is 67.6 Å². The molecule has 2 radical (unpaired) electrons. The lowest BCUT2D eigenvalue weighted by molar-refractivity contribution is -0.128. The largest absolute Gasteiger partial charge is 0.371 e. The van der Waals surface area contributed by atoms with Crippen LogP contribution in [-0.2, 0) is 11.3 Å². The van der Waals surface area contributed by atoms with E-state index in [4.69, 9.17) is 31.0 Å². The van der Waals surface area contributed by atoms with Gasteiger partial charge in [0.05, 0.1) is 21.2 Å². The van der Waals surface area contributed by atoms with Crippen LogP contribution in [0, 0.1) is 5.41 Å². The molecule has 3 aromatic carbocycles. The molecule has 0 atom stereocenters. The summed E-state index contributed by atoms with van der Waals surface area (Å²) in [4.78, 5) is 41.1. The van der Waals surface area contributed by atoms with Crippen LogP contribution in [0.4, 0.5) is 21.5 Å². The van der Waals surface area contributed by atoms with E-state index in [-0.39, 0.29) is 28.1 Å². The van der Waals surface area contributed by atoms with Crippen LogP contribution in [-0.4, -0.2) is 44.8 Å². The van der Waals surface area contributed by atoms with Gasteiger partial charge in [-0.2, -0.15) is 0 Å². The molecule has 1 heterocycles.